The molecule has 1 aromatic rings. The maximum atomic E-state index is 11.7. The van der Waals surface area contributed by atoms with Gasteiger partial charge < -0.3 is 20.7 Å². The number of rotatable bonds is 7. The average molecular weight is 324 g/mol. The van der Waals surface area contributed by atoms with Crippen LogP contribution in [0.25, 0.3) is 0 Å². The number of hydrogen-bond acceptors (Lipinski definition) is 4. The minimum Gasteiger partial charge on any atom is -0.376 e. The van der Waals surface area contributed by atoms with Gasteiger partial charge in [-0.2, -0.15) is 0 Å². The van der Waals surface area contributed by atoms with E-state index < -0.39 is 0 Å². The zero-order valence-corrected chi connectivity index (χ0v) is 13.7. The molecule has 1 unspecified atom stereocenters. The summed E-state index contributed by atoms with van der Waals surface area (Å²) >= 11 is 1.45. The highest BCUT2D eigenvalue weighted by Gasteiger charge is 2.15. The highest BCUT2D eigenvalue weighted by molar-refractivity contribution is 7.12. The lowest BCUT2D eigenvalue weighted by molar-refractivity contribution is 0.0957. The molecule has 3 N–H and O–H groups in total. The first-order valence-corrected chi connectivity index (χ1v) is 8.55. The molecule has 0 aliphatic carbocycles. The molecule has 122 valence electrons. The van der Waals surface area contributed by atoms with Gasteiger partial charge in [0.1, 0.15) is 0 Å². The van der Waals surface area contributed by atoms with Gasteiger partial charge in [-0.1, -0.05) is 6.07 Å². The third kappa shape index (κ3) is 5.65. The maximum Gasteiger partial charge on any atom is 0.261 e. The molecule has 1 amide bonds. The Hall–Kier alpha value is -1.60. The number of carbonyl (C=O) groups excluding carboxylic acids is 1. The van der Waals surface area contributed by atoms with E-state index in [1.165, 1.54) is 11.3 Å². The number of aliphatic imine (C=N–C) groups is 1. The lowest BCUT2D eigenvalue weighted by Gasteiger charge is -2.15. The molecule has 2 rings (SSSR count). The van der Waals surface area contributed by atoms with Crippen molar-refractivity contribution in [1.29, 1.82) is 0 Å². The van der Waals surface area contributed by atoms with Crippen LogP contribution in [0.1, 0.15) is 28.9 Å². The topological polar surface area (TPSA) is 74.8 Å². The van der Waals surface area contributed by atoms with Crippen LogP contribution in [0.2, 0.25) is 0 Å². The molecule has 1 aliphatic rings. The molecule has 0 saturated carbocycles. The van der Waals surface area contributed by atoms with Gasteiger partial charge in [0, 0.05) is 33.3 Å². The maximum absolute atomic E-state index is 11.7. The van der Waals surface area contributed by atoms with Gasteiger partial charge in [0.15, 0.2) is 5.96 Å². The molecule has 0 bridgehead atoms. The number of amides is 1. The Morgan fingerprint density at radius 1 is 1.41 bits per heavy atom. The van der Waals surface area contributed by atoms with Gasteiger partial charge in [-0.3, -0.25) is 9.79 Å². The van der Waals surface area contributed by atoms with Crippen LogP contribution in [0.4, 0.5) is 0 Å². The zero-order chi connectivity index (χ0) is 15.6. The van der Waals surface area contributed by atoms with Crippen LogP contribution in [0.3, 0.4) is 0 Å². The molecule has 1 saturated heterocycles. The molecule has 2 heterocycles. The molecular weight excluding hydrogens is 300 g/mol. The number of ether oxygens (including phenoxy) is 1. The Bertz CT molecular complexity index is 470. The van der Waals surface area contributed by atoms with E-state index in [2.05, 4.69) is 20.9 Å². The summed E-state index contributed by atoms with van der Waals surface area (Å²) in [4.78, 5) is 16.7. The third-order valence-corrected chi connectivity index (χ3v) is 4.29. The van der Waals surface area contributed by atoms with E-state index in [4.69, 9.17) is 4.74 Å². The smallest absolute Gasteiger partial charge is 0.261 e. The summed E-state index contributed by atoms with van der Waals surface area (Å²) < 4.78 is 5.56. The molecule has 7 heteroatoms. The van der Waals surface area contributed by atoms with E-state index in [9.17, 15) is 4.79 Å². The fraction of sp³-hybridized carbons (Fsp3) is 0.600. The summed E-state index contributed by atoms with van der Waals surface area (Å²) in [6.45, 7) is 3.06. The number of nitrogens with zero attached hydrogens (tertiary/aromatic N) is 1. The van der Waals surface area contributed by atoms with Crippen molar-refractivity contribution in [3.8, 4) is 0 Å². The van der Waals surface area contributed by atoms with Gasteiger partial charge in [-0.15, -0.1) is 11.3 Å². The third-order valence-electron chi connectivity index (χ3n) is 3.42. The monoisotopic (exact) mass is 324 g/mol. The summed E-state index contributed by atoms with van der Waals surface area (Å²) in [5, 5.41) is 11.3. The van der Waals surface area contributed by atoms with Crippen LogP contribution in [-0.2, 0) is 4.74 Å². The summed E-state index contributed by atoms with van der Waals surface area (Å²) in [5.41, 5.74) is 0. The second-order valence-corrected chi connectivity index (χ2v) is 6.05. The Labute approximate surface area is 135 Å². The molecule has 1 fully saturated rings. The van der Waals surface area contributed by atoms with Gasteiger partial charge in [0.25, 0.3) is 5.91 Å². The van der Waals surface area contributed by atoms with Gasteiger partial charge in [-0.05, 0) is 30.7 Å². The van der Waals surface area contributed by atoms with Crippen molar-refractivity contribution in [1.82, 2.24) is 16.0 Å². The predicted octanol–water partition coefficient (Wildman–Crippen LogP) is 1.21. The number of nitrogens with one attached hydrogen (secondary N) is 3. The Balaban J connectivity index is 1.53. The summed E-state index contributed by atoms with van der Waals surface area (Å²) in [6.07, 6.45) is 3.39. The molecule has 0 spiro atoms. The lowest BCUT2D eigenvalue weighted by Crippen LogP contribution is -2.41. The zero-order valence-electron chi connectivity index (χ0n) is 12.9. The molecule has 22 heavy (non-hydrogen) atoms. The highest BCUT2D eigenvalue weighted by Crippen LogP contribution is 2.10. The van der Waals surface area contributed by atoms with Crippen LogP contribution < -0.4 is 16.0 Å². The van der Waals surface area contributed by atoms with Gasteiger partial charge in [-0.25, -0.2) is 0 Å². The first-order valence-electron chi connectivity index (χ1n) is 7.67. The van der Waals surface area contributed by atoms with E-state index in [0.717, 1.165) is 49.8 Å². The minimum atomic E-state index is -0.00381. The van der Waals surface area contributed by atoms with E-state index in [1.54, 1.807) is 7.05 Å². The van der Waals surface area contributed by atoms with E-state index >= 15 is 0 Å². The SMILES string of the molecule is CN=C(NCCCNC(=O)c1cccs1)NCC1CCCO1. The van der Waals surface area contributed by atoms with Crippen LogP contribution >= 0.6 is 11.3 Å². The first-order chi connectivity index (χ1) is 10.8. The summed E-state index contributed by atoms with van der Waals surface area (Å²) in [5.74, 6) is 0.774. The molecule has 0 aromatic carbocycles. The van der Waals surface area contributed by atoms with Crippen molar-refractivity contribution < 1.29 is 9.53 Å². The summed E-state index contributed by atoms with van der Waals surface area (Å²) in [6, 6.07) is 3.71. The van der Waals surface area contributed by atoms with E-state index in [-0.39, 0.29) is 5.91 Å². The number of hydrogen-bond donors (Lipinski definition) is 3. The predicted molar refractivity (Wildman–Crippen MR) is 89.6 cm³/mol. The Kier molecular flexibility index (Phi) is 7.18. The number of guanidine groups is 1. The van der Waals surface area contributed by atoms with Crippen molar-refractivity contribution in [2.75, 3.05) is 33.3 Å². The molecule has 1 aliphatic heterocycles. The molecule has 0 radical (unpaired) electrons. The van der Waals surface area contributed by atoms with Gasteiger partial charge in [0.05, 0.1) is 11.0 Å². The first kappa shape index (κ1) is 16.8. The summed E-state index contributed by atoms with van der Waals surface area (Å²) in [7, 11) is 1.75. The molecule has 1 atom stereocenters. The van der Waals surface area contributed by atoms with Crippen molar-refractivity contribution in [2.45, 2.75) is 25.4 Å². The number of carbonyl (C=O) groups is 1. The van der Waals surface area contributed by atoms with E-state index in [0.29, 0.717) is 12.6 Å². The minimum absolute atomic E-state index is 0.00381. The van der Waals surface area contributed by atoms with Crippen LogP contribution in [0, 0.1) is 0 Å². The Morgan fingerprint density at radius 3 is 2.95 bits per heavy atom. The second kappa shape index (κ2) is 9.42. The van der Waals surface area contributed by atoms with Crippen molar-refractivity contribution in [2.24, 2.45) is 4.99 Å². The van der Waals surface area contributed by atoms with Gasteiger partial charge >= 0.3 is 0 Å². The van der Waals surface area contributed by atoms with Crippen molar-refractivity contribution >= 4 is 23.2 Å². The standard InChI is InChI=1S/C15H24N4O2S/c1-16-15(19-11-12-5-2-9-21-12)18-8-4-7-17-14(20)13-6-3-10-22-13/h3,6,10,12H,2,4-5,7-9,11H2,1H3,(H,17,20)(H2,16,18,19). The quantitative estimate of drug-likeness (QED) is 0.400. The van der Waals surface area contributed by atoms with Crippen LogP contribution in [0.15, 0.2) is 22.5 Å². The molecule has 1 aromatic heterocycles. The largest absolute Gasteiger partial charge is 0.376 e. The Morgan fingerprint density at radius 2 is 2.27 bits per heavy atom. The lowest BCUT2D eigenvalue weighted by atomic mass is 10.2. The normalized spacial score (nSPS) is 18.2. The van der Waals surface area contributed by atoms with Crippen molar-refractivity contribution in [3.05, 3.63) is 22.4 Å². The molecular formula is C15H24N4O2S. The van der Waals surface area contributed by atoms with E-state index in [1.807, 2.05) is 17.5 Å². The fourth-order valence-corrected chi connectivity index (χ4v) is 2.87. The van der Waals surface area contributed by atoms with Gasteiger partial charge in [0.2, 0.25) is 0 Å². The van der Waals surface area contributed by atoms with Crippen LogP contribution in [-0.4, -0.2) is 51.3 Å². The second-order valence-electron chi connectivity index (χ2n) is 5.10. The highest BCUT2D eigenvalue weighted by atomic mass is 32.1. The molecule has 6 nitrogen and oxygen atoms in total. The fourth-order valence-electron chi connectivity index (χ4n) is 2.23. The number of thiophene rings is 1. The van der Waals surface area contributed by atoms with Crippen molar-refractivity contribution in [3.63, 3.8) is 0 Å². The average Bonchev–Trinajstić information content (AvgIpc) is 3.23. The van der Waals surface area contributed by atoms with Crippen LogP contribution in [0.5, 0.6) is 0 Å².